The van der Waals surface area contributed by atoms with Crippen molar-refractivity contribution in [2.24, 2.45) is 11.3 Å². The fraction of sp³-hybridized carbons (Fsp3) is 1.00. The summed E-state index contributed by atoms with van der Waals surface area (Å²) in [4.78, 5) is 2.45. The number of hydrogen-bond acceptors (Lipinski definition) is 3. The number of nitrogens with one attached hydrogen (secondary N) is 1. The van der Waals surface area contributed by atoms with Crippen molar-refractivity contribution in [3.8, 4) is 0 Å². The molecule has 4 atom stereocenters. The molecule has 0 radical (unpaired) electrons. The van der Waals surface area contributed by atoms with E-state index in [1.807, 2.05) is 0 Å². The maximum absolute atomic E-state index is 5.83. The molecule has 0 aromatic heterocycles. The molecular formula is C15H30N2O. The molecule has 2 fully saturated rings. The Hall–Kier alpha value is -0.120. The van der Waals surface area contributed by atoms with Gasteiger partial charge in [0.15, 0.2) is 0 Å². The Balaban J connectivity index is 1.74. The van der Waals surface area contributed by atoms with Gasteiger partial charge in [0.25, 0.3) is 0 Å². The third kappa shape index (κ3) is 2.45. The monoisotopic (exact) mass is 254 g/mol. The lowest BCUT2D eigenvalue weighted by molar-refractivity contribution is -0.112. The Labute approximate surface area is 112 Å². The zero-order valence-electron chi connectivity index (χ0n) is 12.7. The highest BCUT2D eigenvalue weighted by Crippen LogP contribution is 2.51. The molecule has 18 heavy (non-hydrogen) atoms. The molecule has 2 rings (SSSR count). The van der Waals surface area contributed by atoms with Crippen LogP contribution in [0, 0.1) is 11.3 Å². The maximum atomic E-state index is 5.83. The fourth-order valence-corrected chi connectivity index (χ4v) is 3.67. The molecular weight excluding hydrogens is 224 g/mol. The van der Waals surface area contributed by atoms with Gasteiger partial charge in [-0.25, -0.2) is 0 Å². The average Bonchev–Trinajstić information content (AvgIpc) is 2.79. The first-order valence-electron chi connectivity index (χ1n) is 7.53. The number of nitrogens with zero attached hydrogens (tertiary/aromatic N) is 1. The second kappa shape index (κ2) is 5.48. The molecule has 2 aliphatic rings. The molecule has 1 saturated carbocycles. The standard InChI is InChI=1S/C15H30N2O/c1-6-11(2)17(5)9-8-16-13-12-7-10-18-14(12)15(13,3)4/h11-14,16H,6-10H2,1-5H3. The second-order valence-corrected chi connectivity index (χ2v) is 6.73. The molecule has 0 bridgehead atoms. The number of hydrogen-bond donors (Lipinski definition) is 1. The van der Waals surface area contributed by atoms with E-state index in [9.17, 15) is 0 Å². The van der Waals surface area contributed by atoms with Crippen molar-refractivity contribution in [2.45, 2.75) is 58.7 Å². The number of ether oxygens (including phenoxy) is 1. The summed E-state index contributed by atoms with van der Waals surface area (Å²) in [5.74, 6) is 0.758. The predicted octanol–water partition coefficient (Wildman–Crippen LogP) is 2.12. The third-order valence-electron chi connectivity index (χ3n) is 5.27. The summed E-state index contributed by atoms with van der Waals surface area (Å²) in [6.45, 7) is 12.4. The Morgan fingerprint density at radius 1 is 1.44 bits per heavy atom. The Bertz CT molecular complexity index is 280. The Morgan fingerprint density at radius 2 is 2.17 bits per heavy atom. The van der Waals surface area contributed by atoms with Crippen LogP contribution in [0.15, 0.2) is 0 Å². The van der Waals surface area contributed by atoms with E-state index >= 15 is 0 Å². The molecule has 1 aliphatic heterocycles. The quantitative estimate of drug-likeness (QED) is 0.786. The van der Waals surface area contributed by atoms with Gasteiger partial charge in [-0.3, -0.25) is 0 Å². The van der Waals surface area contributed by atoms with Crippen LogP contribution in [0.3, 0.4) is 0 Å². The molecule has 106 valence electrons. The summed E-state index contributed by atoms with van der Waals surface area (Å²) in [6.07, 6.45) is 2.97. The largest absolute Gasteiger partial charge is 0.377 e. The first-order valence-corrected chi connectivity index (χ1v) is 7.53. The molecule has 0 aromatic rings. The third-order valence-corrected chi connectivity index (χ3v) is 5.27. The van der Waals surface area contributed by atoms with Crippen molar-refractivity contribution in [1.82, 2.24) is 10.2 Å². The van der Waals surface area contributed by atoms with Crippen LogP contribution in [0.4, 0.5) is 0 Å². The smallest absolute Gasteiger partial charge is 0.0685 e. The van der Waals surface area contributed by atoms with Crippen molar-refractivity contribution in [3.05, 3.63) is 0 Å². The van der Waals surface area contributed by atoms with Crippen LogP contribution in [0.1, 0.15) is 40.5 Å². The van der Waals surface area contributed by atoms with Crippen molar-refractivity contribution >= 4 is 0 Å². The average molecular weight is 254 g/mol. The highest BCUT2D eigenvalue weighted by atomic mass is 16.5. The van der Waals surface area contributed by atoms with Gasteiger partial charge in [-0.05, 0) is 26.8 Å². The minimum Gasteiger partial charge on any atom is -0.377 e. The molecule has 0 amide bonds. The van der Waals surface area contributed by atoms with Crippen molar-refractivity contribution in [2.75, 3.05) is 26.7 Å². The molecule has 4 unspecified atom stereocenters. The van der Waals surface area contributed by atoms with Gasteiger partial charge in [-0.1, -0.05) is 20.8 Å². The number of rotatable bonds is 6. The minimum absolute atomic E-state index is 0.316. The lowest BCUT2D eigenvalue weighted by Crippen LogP contribution is -2.66. The van der Waals surface area contributed by atoms with Crippen LogP contribution in [-0.2, 0) is 4.74 Å². The van der Waals surface area contributed by atoms with Crippen LogP contribution >= 0.6 is 0 Å². The lowest BCUT2D eigenvalue weighted by atomic mass is 9.57. The molecule has 0 spiro atoms. The van der Waals surface area contributed by atoms with Crippen LogP contribution in [0.5, 0.6) is 0 Å². The summed E-state index contributed by atoms with van der Waals surface area (Å²) >= 11 is 0. The van der Waals surface area contributed by atoms with E-state index in [1.165, 1.54) is 12.8 Å². The van der Waals surface area contributed by atoms with Crippen LogP contribution in [0.25, 0.3) is 0 Å². The van der Waals surface area contributed by atoms with Crippen molar-refractivity contribution in [1.29, 1.82) is 0 Å². The van der Waals surface area contributed by atoms with Gasteiger partial charge in [-0.2, -0.15) is 0 Å². The van der Waals surface area contributed by atoms with Crippen LogP contribution in [-0.4, -0.2) is 49.8 Å². The maximum Gasteiger partial charge on any atom is 0.0685 e. The van der Waals surface area contributed by atoms with E-state index in [2.05, 4.69) is 45.0 Å². The molecule has 1 N–H and O–H groups in total. The van der Waals surface area contributed by atoms with Gasteiger partial charge >= 0.3 is 0 Å². The molecule has 1 saturated heterocycles. The number of likely N-dealkylation sites (N-methyl/N-ethyl adjacent to an activating group) is 1. The van der Waals surface area contributed by atoms with Gasteiger partial charge < -0.3 is 15.0 Å². The Kier molecular flexibility index (Phi) is 4.35. The van der Waals surface area contributed by atoms with E-state index in [-0.39, 0.29) is 0 Å². The number of fused-ring (bicyclic) bond motifs is 1. The summed E-state index contributed by atoms with van der Waals surface area (Å²) in [6, 6.07) is 1.33. The second-order valence-electron chi connectivity index (χ2n) is 6.73. The van der Waals surface area contributed by atoms with Crippen molar-refractivity contribution < 1.29 is 4.74 Å². The highest BCUT2D eigenvalue weighted by Gasteiger charge is 2.58. The highest BCUT2D eigenvalue weighted by molar-refractivity contribution is 5.11. The van der Waals surface area contributed by atoms with Crippen LogP contribution in [0.2, 0.25) is 0 Å². The van der Waals surface area contributed by atoms with E-state index < -0.39 is 0 Å². The summed E-state index contributed by atoms with van der Waals surface area (Å²) in [7, 11) is 2.23. The zero-order chi connectivity index (χ0) is 13.3. The molecule has 3 nitrogen and oxygen atoms in total. The predicted molar refractivity (Wildman–Crippen MR) is 75.8 cm³/mol. The summed E-state index contributed by atoms with van der Waals surface area (Å²) in [5.41, 5.74) is 0.316. The molecule has 3 heteroatoms. The van der Waals surface area contributed by atoms with Gasteiger partial charge in [0.1, 0.15) is 0 Å². The van der Waals surface area contributed by atoms with E-state index in [0.29, 0.717) is 23.6 Å². The first kappa shape index (κ1) is 14.3. The topological polar surface area (TPSA) is 24.5 Å². The van der Waals surface area contributed by atoms with E-state index in [4.69, 9.17) is 4.74 Å². The summed E-state index contributed by atoms with van der Waals surface area (Å²) < 4.78 is 5.83. The normalized spacial score (nSPS) is 35.3. The van der Waals surface area contributed by atoms with E-state index in [0.717, 1.165) is 25.6 Å². The minimum atomic E-state index is 0.316. The van der Waals surface area contributed by atoms with E-state index in [1.54, 1.807) is 0 Å². The lowest BCUT2D eigenvalue weighted by Gasteiger charge is -2.55. The van der Waals surface area contributed by atoms with Crippen LogP contribution < -0.4 is 5.32 Å². The van der Waals surface area contributed by atoms with Gasteiger partial charge in [-0.15, -0.1) is 0 Å². The molecule has 0 aromatic carbocycles. The molecule has 1 aliphatic carbocycles. The van der Waals surface area contributed by atoms with Gasteiger partial charge in [0, 0.05) is 43.1 Å². The zero-order valence-corrected chi connectivity index (χ0v) is 12.7. The summed E-state index contributed by atoms with van der Waals surface area (Å²) in [5, 5.41) is 3.77. The first-order chi connectivity index (χ1) is 8.48. The van der Waals surface area contributed by atoms with Gasteiger partial charge in [0.2, 0.25) is 0 Å². The van der Waals surface area contributed by atoms with Crippen molar-refractivity contribution in [3.63, 3.8) is 0 Å². The van der Waals surface area contributed by atoms with Gasteiger partial charge in [0.05, 0.1) is 6.10 Å². The fourth-order valence-electron chi connectivity index (χ4n) is 3.67. The SMILES string of the molecule is CCC(C)N(C)CCNC1C2CCOC2C1(C)C. The molecule has 1 heterocycles. The Morgan fingerprint density at radius 3 is 2.83 bits per heavy atom.